The van der Waals surface area contributed by atoms with Gasteiger partial charge in [-0.15, -0.1) is 0 Å². The summed E-state index contributed by atoms with van der Waals surface area (Å²) in [5.74, 6) is -1.23. The molecule has 0 amide bonds. The SMILES string of the molecule is Cc1ccc(NS(=O)(=O)c2c(C)oc(C)c2C(=O)O)cc1. The van der Waals surface area contributed by atoms with E-state index < -0.39 is 16.0 Å². The molecule has 21 heavy (non-hydrogen) atoms. The largest absolute Gasteiger partial charge is 0.478 e. The monoisotopic (exact) mass is 309 g/mol. The minimum atomic E-state index is -4.04. The summed E-state index contributed by atoms with van der Waals surface area (Å²) >= 11 is 0. The number of furan rings is 1. The van der Waals surface area contributed by atoms with Crippen LogP contribution in [-0.2, 0) is 10.0 Å². The number of sulfonamides is 1. The molecule has 0 fully saturated rings. The second-order valence-corrected chi connectivity index (χ2v) is 6.31. The van der Waals surface area contributed by atoms with Gasteiger partial charge in [-0.1, -0.05) is 17.7 Å². The van der Waals surface area contributed by atoms with E-state index >= 15 is 0 Å². The molecule has 0 saturated heterocycles. The van der Waals surface area contributed by atoms with Gasteiger partial charge in [0.25, 0.3) is 10.0 Å². The van der Waals surface area contributed by atoms with Crippen molar-refractivity contribution < 1.29 is 22.7 Å². The lowest BCUT2D eigenvalue weighted by Gasteiger charge is -2.08. The van der Waals surface area contributed by atoms with Crippen molar-refractivity contribution >= 4 is 21.7 Å². The van der Waals surface area contributed by atoms with Gasteiger partial charge >= 0.3 is 5.97 Å². The van der Waals surface area contributed by atoms with Crippen molar-refractivity contribution in [3.05, 3.63) is 46.9 Å². The van der Waals surface area contributed by atoms with Gasteiger partial charge in [-0.25, -0.2) is 13.2 Å². The molecule has 0 aliphatic rings. The van der Waals surface area contributed by atoms with Crippen LogP contribution in [0.3, 0.4) is 0 Å². The minimum absolute atomic E-state index is 0.0458. The fourth-order valence-electron chi connectivity index (χ4n) is 2.06. The van der Waals surface area contributed by atoms with E-state index in [9.17, 15) is 18.3 Å². The molecule has 0 bridgehead atoms. The molecule has 0 saturated carbocycles. The molecule has 1 aromatic carbocycles. The highest BCUT2D eigenvalue weighted by molar-refractivity contribution is 7.92. The van der Waals surface area contributed by atoms with Gasteiger partial charge in [0.15, 0.2) is 0 Å². The standard InChI is InChI=1S/C14H15NO5S/c1-8-4-6-11(7-5-8)15-21(18,19)13-10(3)20-9(2)12(13)14(16)17/h4-7,15H,1-3H3,(H,16,17). The topological polar surface area (TPSA) is 96.6 Å². The predicted molar refractivity (Wildman–Crippen MR) is 77.1 cm³/mol. The van der Waals surface area contributed by atoms with Crippen molar-refractivity contribution in [2.45, 2.75) is 25.7 Å². The maximum absolute atomic E-state index is 12.4. The van der Waals surface area contributed by atoms with E-state index in [1.165, 1.54) is 13.8 Å². The number of hydrogen-bond acceptors (Lipinski definition) is 4. The van der Waals surface area contributed by atoms with Crippen molar-refractivity contribution in [1.82, 2.24) is 0 Å². The molecule has 7 heteroatoms. The Morgan fingerprint density at radius 3 is 2.19 bits per heavy atom. The van der Waals surface area contributed by atoms with E-state index in [1.807, 2.05) is 6.92 Å². The van der Waals surface area contributed by atoms with Gasteiger partial charge < -0.3 is 9.52 Å². The number of carboxylic acid groups (broad SMARTS) is 1. The van der Waals surface area contributed by atoms with Gasteiger partial charge in [0.2, 0.25) is 0 Å². The molecule has 0 aliphatic carbocycles. The first-order chi connectivity index (χ1) is 9.72. The van der Waals surface area contributed by atoms with Crippen LogP contribution in [-0.4, -0.2) is 19.5 Å². The average Bonchev–Trinajstić information content (AvgIpc) is 2.67. The minimum Gasteiger partial charge on any atom is -0.478 e. The fourth-order valence-corrected chi connectivity index (χ4v) is 3.53. The lowest BCUT2D eigenvalue weighted by molar-refractivity contribution is 0.0691. The summed E-state index contributed by atoms with van der Waals surface area (Å²) in [5, 5.41) is 9.17. The molecule has 2 rings (SSSR count). The molecule has 112 valence electrons. The van der Waals surface area contributed by atoms with Crippen molar-refractivity contribution in [2.75, 3.05) is 4.72 Å². The first-order valence-corrected chi connectivity index (χ1v) is 7.63. The Morgan fingerprint density at radius 1 is 1.10 bits per heavy atom. The van der Waals surface area contributed by atoms with Crippen LogP contribution < -0.4 is 4.72 Å². The Hall–Kier alpha value is -2.28. The number of hydrogen-bond donors (Lipinski definition) is 2. The Morgan fingerprint density at radius 2 is 1.67 bits per heavy atom. The Labute approximate surface area is 122 Å². The first-order valence-electron chi connectivity index (χ1n) is 6.15. The maximum atomic E-state index is 12.4. The van der Waals surface area contributed by atoms with E-state index in [0.29, 0.717) is 5.69 Å². The number of nitrogens with one attached hydrogen (secondary N) is 1. The highest BCUT2D eigenvalue weighted by atomic mass is 32.2. The third kappa shape index (κ3) is 2.92. The van der Waals surface area contributed by atoms with Crippen LogP contribution in [0.1, 0.15) is 27.4 Å². The Bertz CT molecular complexity index is 788. The highest BCUT2D eigenvalue weighted by Crippen LogP contribution is 2.28. The van der Waals surface area contributed by atoms with Gasteiger partial charge in [-0.3, -0.25) is 4.72 Å². The Balaban J connectivity index is 2.50. The summed E-state index contributed by atoms with van der Waals surface area (Å²) in [6, 6.07) is 6.72. The summed E-state index contributed by atoms with van der Waals surface area (Å²) < 4.78 is 32.3. The van der Waals surface area contributed by atoms with Crippen LogP contribution in [0, 0.1) is 20.8 Å². The third-order valence-corrected chi connectivity index (χ3v) is 4.52. The summed E-state index contributed by atoms with van der Waals surface area (Å²) in [7, 11) is -4.04. The van der Waals surface area contributed by atoms with Crippen molar-refractivity contribution in [1.29, 1.82) is 0 Å². The first kappa shape index (κ1) is 15.1. The van der Waals surface area contributed by atoms with Crippen molar-refractivity contribution in [3.8, 4) is 0 Å². The second kappa shape index (κ2) is 5.25. The number of carbonyl (C=O) groups is 1. The van der Waals surface area contributed by atoms with Crippen LogP contribution in [0.5, 0.6) is 0 Å². The predicted octanol–water partition coefficient (Wildman–Crippen LogP) is 2.70. The molecule has 0 atom stereocenters. The van der Waals surface area contributed by atoms with E-state index in [1.54, 1.807) is 24.3 Å². The summed E-state index contributed by atoms with van der Waals surface area (Å²) in [6.07, 6.45) is 0. The lowest BCUT2D eigenvalue weighted by Crippen LogP contribution is -2.16. The maximum Gasteiger partial charge on any atom is 0.340 e. The van der Waals surface area contributed by atoms with Gasteiger partial charge in [-0.2, -0.15) is 0 Å². The van der Waals surface area contributed by atoms with E-state index in [0.717, 1.165) is 5.56 Å². The third-order valence-electron chi connectivity index (χ3n) is 2.99. The number of carboxylic acids is 1. The lowest BCUT2D eigenvalue weighted by atomic mass is 10.2. The molecular weight excluding hydrogens is 294 g/mol. The Kier molecular flexibility index (Phi) is 3.78. The van der Waals surface area contributed by atoms with Crippen LogP contribution in [0.15, 0.2) is 33.6 Å². The molecule has 1 heterocycles. The molecule has 1 aromatic heterocycles. The number of aromatic carboxylic acids is 1. The average molecular weight is 309 g/mol. The van der Waals surface area contributed by atoms with E-state index in [2.05, 4.69) is 4.72 Å². The quantitative estimate of drug-likeness (QED) is 0.905. The highest BCUT2D eigenvalue weighted by Gasteiger charge is 2.30. The van der Waals surface area contributed by atoms with E-state index in [-0.39, 0.29) is 22.0 Å². The number of anilines is 1. The second-order valence-electron chi connectivity index (χ2n) is 4.70. The van der Waals surface area contributed by atoms with Crippen LogP contribution >= 0.6 is 0 Å². The zero-order valence-corrected chi connectivity index (χ0v) is 12.6. The molecular formula is C14H15NO5S. The fraction of sp³-hybridized carbons (Fsp3) is 0.214. The molecule has 2 aromatic rings. The zero-order chi connectivity index (χ0) is 15.8. The van der Waals surface area contributed by atoms with Gasteiger partial charge in [0, 0.05) is 5.69 Å². The van der Waals surface area contributed by atoms with Crippen molar-refractivity contribution in [2.24, 2.45) is 0 Å². The zero-order valence-electron chi connectivity index (χ0n) is 11.8. The molecule has 0 aliphatic heterocycles. The molecule has 6 nitrogen and oxygen atoms in total. The van der Waals surface area contributed by atoms with Gasteiger partial charge in [-0.05, 0) is 32.9 Å². The summed E-state index contributed by atoms with van der Waals surface area (Å²) in [6.45, 7) is 4.72. The van der Waals surface area contributed by atoms with E-state index in [4.69, 9.17) is 4.42 Å². The van der Waals surface area contributed by atoms with Crippen molar-refractivity contribution in [3.63, 3.8) is 0 Å². The number of benzene rings is 1. The molecule has 0 spiro atoms. The molecule has 0 radical (unpaired) electrons. The van der Waals surface area contributed by atoms with Crippen LogP contribution in [0.25, 0.3) is 0 Å². The number of rotatable bonds is 4. The van der Waals surface area contributed by atoms with Gasteiger partial charge in [0.1, 0.15) is 22.0 Å². The number of aryl methyl sites for hydroxylation is 3. The van der Waals surface area contributed by atoms with Gasteiger partial charge in [0.05, 0.1) is 0 Å². The summed E-state index contributed by atoms with van der Waals surface area (Å²) in [4.78, 5) is 10.9. The molecule has 2 N–H and O–H groups in total. The normalized spacial score (nSPS) is 11.4. The smallest absolute Gasteiger partial charge is 0.340 e. The van der Waals surface area contributed by atoms with Crippen LogP contribution in [0.2, 0.25) is 0 Å². The summed E-state index contributed by atoms with van der Waals surface area (Å²) in [5.41, 5.74) is 1.00. The van der Waals surface area contributed by atoms with Crippen LogP contribution in [0.4, 0.5) is 5.69 Å². The molecule has 0 unspecified atom stereocenters.